The second kappa shape index (κ2) is 4.26. The zero-order valence-corrected chi connectivity index (χ0v) is 10.6. The highest BCUT2D eigenvalue weighted by molar-refractivity contribution is 6.07. The number of nitrogens with one attached hydrogen (secondary N) is 1. The highest BCUT2D eigenvalue weighted by Crippen LogP contribution is 2.39. The van der Waals surface area contributed by atoms with Crippen LogP contribution in [0.2, 0.25) is 0 Å². The van der Waals surface area contributed by atoms with E-state index in [1.807, 2.05) is 0 Å². The summed E-state index contributed by atoms with van der Waals surface area (Å²) < 4.78 is 0. The molecule has 1 saturated heterocycles. The van der Waals surface area contributed by atoms with Crippen molar-refractivity contribution in [2.75, 3.05) is 0 Å². The Labute approximate surface area is 111 Å². The molecule has 1 aromatic carbocycles. The summed E-state index contributed by atoms with van der Waals surface area (Å²) in [5, 5.41) is 11.7. The van der Waals surface area contributed by atoms with Crippen LogP contribution < -0.4 is 5.32 Å². The fourth-order valence-corrected chi connectivity index (χ4v) is 3.06. The molecule has 100 valence electrons. The van der Waals surface area contributed by atoms with Gasteiger partial charge in [-0.05, 0) is 30.5 Å². The zero-order valence-electron chi connectivity index (χ0n) is 10.6. The van der Waals surface area contributed by atoms with E-state index < -0.39 is 5.54 Å². The number of benzene rings is 1. The van der Waals surface area contributed by atoms with Crippen LogP contribution in [0, 0.1) is 0 Å². The van der Waals surface area contributed by atoms with E-state index in [0.29, 0.717) is 6.54 Å². The SMILES string of the molecule is O=C1NC(=O)C2(CCCC2)N1Cc1ccc(O)cc1. The summed E-state index contributed by atoms with van der Waals surface area (Å²) in [6.07, 6.45) is 3.44. The lowest BCUT2D eigenvalue weighted by molar-refractivity contribution is -0.126. The number of hydrogen-bond donors (Lipinski definition) is 2. The Morgan fingerprint density at radius 2 is 1.79 bits per heavy atom. The fourth-order valence-electron chi connectivity index (χ4n) is 3.06. The second-order valence-electron chi connectivity index (χ2n) is 5.25. The van der Waals surface area contributed by atoms with Crippen molar-refractivity contribution in [2.45, 2.75) is 37.8 Å². The number of aromatic hydroxyl groups is 1. The molecule has 3 rings (SSSR count). The third kappa shape index (κ3) is 1.85. The van der Waals surface area contributed by atoms with Crippen LogP contribution in [-0.4, -0.2) is 27.5 Å². The first-order valence-electron chi connectivity index (χ1n) is 6.53. The van der Waals surface area contributed by atoms with Gasteiger partial charge in [0.2, 0.25) is 0 Å². The summed E-state index contributed by atoms with van der Waals surface area (Å²) in [6, 6.07) is 6.42. The van der Waals surface area contributed by atoms with Crippen molar-refractivity contribution in [3.05, 3.63) is 29.8 Å². The molecule has 2 fully saturated rings. The molecule has 1 aliphatic carbocycles. The van der Waals surface area contributed by atoms with Gasteiger partial charge in [0.05, 0.1) is 0 Å². The number of carbonyl (C=O) groups is 2. The van der Waals surface area contributed by atoms with Gasteiger partial charge < -0.3 is 10.0 Å². The highest BCUT2D eigenvalue weighted by Gasteiger charge is 2.53. The lowest BCUT2D eigenvalue weighted by atomic mass is 9.95. The average molecular weight is 260 g/mol. The third-order valence-electron chi connectivity index (χ3n) is 4.11. The molecule has 3 amide bonds. The molecule has 1 heterocycles. The quantitative estimate of drug-likeness (QED) is 0.796. The first-order valence-corrected chi connectivity index (χ1v) is 6.53. The minimum absolute atomic E-state index is 0.159. The summed E-state index contributed by atoms with van der Waals surface area (Å²) in [4.78, 5) is 25.7. The number of urea groups is 1. The van der Waals surface area contributed by atoms with Crippen molar-refractivity contribution in [1.82, 2.24) is 10.2 Å². The fraction of sp³-hybridized carbons (Fsp3) is 0.429. The van der Waals surface area contributed by atoms with Gasteiger partial charge in [-0.15, -0.1) is 0 Å². The van der Waals surface area contributed by atoms with Gasteiger partial charge in [0.15, 0.2) is 0 Å². The predicted molar refractivity (Wildman–Crippen MR) is 68.4 cm³/mol. The van der Waals surface area contributed by atoms with Gasteiger partial charge in [-0.1, -0.05) is 25.0 Å². The molecule has 5 nitrogen and oxygen atoms in total. The molecule has 0 atom stereocenters. The number of imide groups is 1. The van der Waals surface area contributed by atoms with Crippen molar-refractivity contribution in [2.24, 2.45) is 0 Å². The minimum atomic E-state index is -0.644. The van der Waals surface area contributed by atoms with Crippen LogP contribution in [0.3, 0.4) is 0 Å². The van der Waals surface area contributed by atoms with E-state index in [-0.39, 0.29) is 17.7 Å². The van der Waals surface area contributed by atoms with Gasteiger partial charge in [-0.2, -0.15) is 0 Å². The van der Waals surface area contributed by atoms with Crippen LogP contribution in [-0.2, 0) is 11.3 Å². The summed E-state index contributed by atoms with van der Waals surface area (Å²) in [5.41, 5.74) is 0.267. The van der Waals surface area contributed by atoms with Crippen LogP contribution in [0.4, 0.5) is 4.79 Å². The van der Waals surface area contributed by atoms with Gasteiger partial charge in [-0.25, -0.2) is 4.79 Å². The molecule has 0 unspecified atom stereocenters. The van der Waals surface area contributed by atoms with Gasteiger partial charge in [0.25, 0.3) is 5.91 Å². The Bertz CT molecular complexity index is 518. The monoisotopic (exact) mass is 260 g/mol. The lowest BCUT2D eigenvalue weighted by Gasteiger charge is -2.31. The number of phenols is 1. The highest BCUT2D eigenvalue weighted by atomic mass is 16.3. The lowest BCUT2D eigenvalue weighted by Crippen LogP contribution is -2.46. The van der Waals surface area contributed by atoms with Crippen LogP contribution in [0.1, 0.15) is 31.2 Å². The average Bonchev–Trinajstić information content (AvgIpc) is 2.95. The third-order valence-corrected chi connectivity index (χ3v) is 4.11. The maximum Gasteiger partial charge on any atom is 0.325 e. The number of carbonyl (C=O) groups excluding carboxylic acids is 2. The normalized spacial score (nSPS) is 21.2. The van der Waals surface area contributed by atoms with Crippen LogP contribution in [0.5, 0.6) is 5.75 Å². The zero-order chi connectivity index (χ0) is 13.5. The summed E-state index contributed by atoms with van der Waals surface area (Å²) in [5.74, 6) is 0.0371. The number of rotatable bonds is 2. The molecule has 19 heavy (non-hydrogen) atoms. The molecule has 0 aromatic heterocycles. The van der Waals surface area contributed by atoms with Crippen LogP contribution >= 0.6 is 0 Å². The molecule has 1 saturated carbocycles. The van der Waals surface area contributed by atoms with E-state index in [4.69, 9.17) is 0 Å². The number of phenolic OH excluding ortho intramolecular Hbond substituents is 1. The van der Waals surface area contributed by atoms with E-state index in [0.717, 1.165) is 31.2 Å². The first-order chi connectivity index (χ1) is 9.12. The number of hydrogen-bond acceptors (Lipinski definition) is 3. The topological polar surface area (TPSA) is 69.6 Å². The van der Waals surface area contributed by atoms with Crippen molar-refractivity contribution < 1.29 is 14.7 Å². The largest absolute Gasteiger partial charge is 0.508 e. The molecule has 5 heteroatoms. The number of amides is 3. The van der Waals surface area contributed by atoms with Crippen molar-refractivity contribution in [3.63, 3.8) is 0 Å². The summed E-state index contributed by atoms with van der Waals surface area (Å²) in [7, 11) is 0. The number of nitrogens with zero attached hydrogens (tertiary/aromatic N) is 1. The molecule has 1 aliphatic heterocycles. The summed E-state index contributed by atoms with van der Waals surface area (Å²) >= 11 is 0. The molecule has 0 bridgehead atoms. The minimum Gasteiger partial charge on any atom is -0.508 e. The Kier molecular flexibility index (Phi) is 2.69. The Balaban J connectivity index is 1.87. The predicted octanol–water partition coefficient (Wildman–Crippen LogP) is 1.76. The van der Waals surface area contributed by atoms with Crippen LogP contribution in [0.25, 0.3) is 0 Å². The van der Waals surface area contributed by atoms with E-state index >= 15 is 0 Å². The van der Waals surface area contributed by atoms with Crippen molar-refractivity contribution in [3.8, 4) is 5.75 Å². The molecular formula is C14H16N2O3. The second-order valence-corrected chi connectivity index (χ2v) is 5.25. The van der Waals surface area contributed by atoms with Gasteiger partial charge in [0.1, 0.15) is 11.3 Å². The maximum atomic E-state index is 12.0. The van der Waals surface area contributed by atoms with E-state index in [9.17, 15) is 14.7 Å². The smallest absolute Gasteiger partial charge is 0.325 e. The van der Waals surface area contributed by atoms with Gasteiger partial charge in [0, 0.05) is 6.54 Å². The molecule has 0 radical (unpaired) electrons. The first kappa shape index (κ1) is 12.0. The Morgan fingerprint density at radius 1 is 1.16 bits per heavy atom. The van der Waals surface area contributed by atoms with E-state index in [1.54, 1.807) is 29.2 Å². The maximum absolute atomic E-state index is 12.0. The van der Waals surface area contributed by atoms with Crippen molar-refractivity contribution >= 4 is 11.9 Å². The molecule has 2 N–H and O–H groups in total. The molecule has 2 aliphatic rings. The van der Waals surface area contributed by atoms with Crippen molar-refractivity contribution in [1.29, 1.82) is 0 Å². The molecule has 1 aromatic rings. The van der Waals surface area contributed by atoms with Crippen LogP contribution in [0.15, 0.2) is 24.3 Å². The van der Waals surface area contributed by atoms with E-state index in [2.05, 4.69) is 5.32 Å². The molecular weight excluding hydrogens is 244 g/mol. The summed E-state index contributed by atoms with van der Waals surface area (Å²) in [6.45, 7) is 0.401. The standard InChI is InChI=1S/C14H16N2O3/c17-11-5-3-10(4-6-11)9-16-13(19)15-12(18)14(16)7-1-2-8-14/h3-6,17H,1-2,7-9H2,(H,15,18,19). The van der Waals surface area contributed by atoms with Gasteiger partial charge >= 0.3 is 6.03 Å². The Morgan fingerprint density at radius 3 is 2.42 bits per heavy atom. The Hall–Kier alpha value is -2.04. The molecule has 1 spiro atoms. The van der Waals surface area contributed by atoms with E-state index in [1.165, 1.54) is 0 Å². The van der Waals surface area contributed by atoms with Gasteiger partial charge in [-0.3, -0.25) is 10.1 Å².